The van der Waals surface area contributed by atoms with Crippen molar-refractivity contribution < 1.29 is 0 Å². The minimum Gasteiger partial charge on any atom is -0.325 e. The minimum atomic E-state index is 0.564. The van der Waals surface area contributed by atoms with E-state index in [0.717, 1.165) is 12.1 Å². The molecule has 9 heavy (non-hydrogen) atoms. The van der Waals surface area contributed by atoms with Crippen molar-refractivity contribution in [3.63, 3.8) is 0 Å². The predicted octanol–water partition coefficient (Wildman–Crippen LogP) is 0.860. The second kappa shape index (κ2) is 3.20. The molecule has 48 valence electrons. The summed E-state index contributed by atoms with van der Waals surface area (Å²) in [7, 11) is 0. The van der Waals surface area contributed by atoms with Gasteiger partial charge in [0.05, 0.1) is 0 Å². The molecule has 1 rings (SSSR count). The molecule has 1 aliphatic rings. The maximum Gasteiger partial charge on any atom is 0.0352 e. The standard InChI is InChI=1S/C7H10N2/c8-6-7-4-2-1-3-5-9-7/h1-3,5H,4,6,8H2. The van der Waals surface area contributed by atoms with Gasteiger partial charge < -0.3 is 5.73 Å². The van der Waals surface area contributed by atoms with Crippen molar-refractivity contribution in [2.75, 3.05) is 6.54 Å². The number of hydrogen-bond donors (Lipinski definition) is 1. The molecule has 0 unspecified atom stereocenters. The van der Waals surface area contributed by atoms with Crippen LogP contribution in [0.1, 0.15) is 6.42 Å². The molecule has 0 aromatic rings. The van der Waals surface area contributed by atoms with Crippen LogP contribution >= 0.6 is 0 Å². The number of nitrogens with two attached hydrogens (primary N) is 1. The van der Waals surface area contributed by atoms with Crippen LogP contribution in [-0.4, -0.2) is 12.3 Å². The van der Waals surface area contributed by atoms with Crippen LogP contribution in [0.15, 0.2) is 29.4 Å². The third-order valence-electron chi connectivity index (χ3n) is 1.18. The highest BCUT2D eigenvalue weighted by molar-refractivity contribution is 5.88. The molecule has 0 aliphatic carbocycles. The van der Waals surface area contributed by atoms with E-state index in [-0.39, 0.29) is 0 Å². The number of allylic oxidation sites excluding steroid dienone is 3. The van der Waals surface area contributed by atoms with E-state index in [0.29, 0.717) is 6.54 Å². The van der Waals surface area contributed by atoms with Gasteiger partial charge in [0, 0.05) is 24.9 Å². The van der Waals surface area contributed by atoms with Crippen molar-refractivity contribution in [2.24, 2.45) is 10.7 Å². The summed E-state index contributed by atoms with van der Waals surface area (Å²) in [6.07, 6.45) is 8.60. The SMILES string of the molecule is NCC1=NC=CC=CC1. The second-order valence-corrected chi connectivity index (χ2v) is 1.87. The summed E-state index contributed by atoms with van der Waals surface area (Å²) in [6.45, 7) is 0.564. The molecule has 0 aromatic carbocycles. The first-order valence-electron chi connectivity index (χ1n) is 3.01. The molecule has 0 spiro atoms. The molecule has 0 bridgehead atoms. The topological polar surface area (TPSA) is 38.4 Å². The molecule has 0 saturated heterocycles. The molecule has 0 amide bonds. The summed E-state index contributed by atoms with van der Waals surface area (Å²) in [6, 6.07) is 0. The van der Waals surface area contributed by atoms with Gasteiger partial charge in [-0.1, -0.05) is 12.2 Å². The first-order valence-corrected chi connectivity index (χ1v) is 3.01. The summed E-state index contributed by atoms with van der Waals surface area (Å²) in [5.41, 5.74) is 6.42. The Bertz CT molecular complexity index is 166. The summed E-state index contributed by atoms with van der Waals surface area (Å²) >= 11 is 0. The van der Waals surface area contributed by atoms with Crippen LogP contribution in [-0.2, 0) is 0 Å². The molecular formula is C7H10N2. The number of nitrogens with zero attached hydrogens (tertiary/aromatic N) is 1. The fraction of sp³-hybridized carbons (Fsp3) is 0.286. The Morgan fingerprint density at radius 3 is 3.22 bits per heavy atom. The van der Waals surface area contributed by atoms with Crippen LogP contribution in [0.25, 0.3) is 0 Å². The molecular weight excluding hydrogens is 112 g/mol. The fourth-order valence-electron chi connectivity index (χ4n) is 0.670. The summed E-state index contributed by atoms with van der Waals surface area (Å²) < 4.78 is 0. The maximum atomic E-state index is 5.37. The largest absolute Gasteiger partial charge is 0.325 e. The van der Waals surface area contributed by atoms with Gasteiger partial charge >= 0.3 is 0 Å². The monoisotopic (exact) mass is 122 g/mol. The van der Waals surface area contributed by atoms with Crippen molar-refractivity contribution in [3.05, 3.63) is 24.4 Å². The lowest BCUT2D eigenvalue weighted by Gasteiger charge is -1.92. The highest BCUT2D eigenvalue weighted by Crippen LogP contribution is 1.94. The predicted molar refractivity (Wildman–Crippen MR) is 39.4 cm³/mol. The van der Waals surface area contributed by atoms with E-state index in [1.807, 2.05) is 12.2 Å². The average molecular weight is 122 g/mol. The molecule has 1 aliphatic heterocycles. The quantitative estimate of drug-likeness (QED) is 0.550. The third-order valence-corrected chi connectivity index (χ3v) is 1.18. The van der Waals surface area contributed by atoms with Crippen LogP contribution in [0.5, 0.6) is 0 Å². The Morgan fingerprint density at radius 1 is 1.56 bits per heavy atom. The summed E-state index contributed by atoms with van der Waals surface area (Å²) in [4.78, 5) is 4.09. The van der Waals surface area contributed by atoms with Crippen molar-refractivity contribution in [1.82, 2.24) is 0 Å². The Kier molecular flexibility index (Phi) is 2.22. The lowest BCUT2D eigenvalue weighted by atomic mass is 10.2. The van der Waals surface area contributed by atoms with Gasteiger partial charge in [0.2, 0.25) is 0 Å². The Morgan fingerprint density at radius 2 is 2.44 bits per heavy atom. The van der Waals surface area contributed by atoms with Gasteiger partial charge in [0.1, 0.15) is 0 Å². The second-order valence-electron chi connectivity index (χ2n) is 1.87. The molecule has 2 N–H and O–H groups in total. The molecule has 1 heterocycles. The van der Waals surface area contributed by atoms with Crippen LogP contribution < -0.4 is 5.73 Å². The lowest BCUT2D eigenvalue weighted by Crippen LogP contribution is -2.11. The molecule has 0 aromatic heterocycles. The first kappa shape index (κ1) is 6.23. The number of rotatable bonds is 1. The minimum absolute atomic E-state index is 0.564. The van der Waals surface area contributed by atoms with E-state index in [1.54, 1.807) is 6.20 Å². The van der Waals surface area contributed by atoms with E-state index >= 15 is 0 Å². The maximum absolute atomic E-state index is 5.37. The molecule has 2 heteroatoms. The molecule has 2 nitrogen and oxygen atoms in total. The Balaban J connectivity index is 2.62. The van der Waals surface area contributed by atoms with E-state index in [4.69, 9.17) is 5.73 Å². The molecule has 0 fully saturated rings. The van der Waals surface area contributed by atoms with E-state index in [9.17, 15) is 0 Å². The molecule has 0 atom stereocenters. The summed E-state index contributed by atoms with van der Waals surface area (Å²) in [5, 5.41) is 0. The van der Waals surface area contributed by atoms with Crippen molar-refractivity contribution >= 4 is 5.71 Å². The van der Waals surface area contributed by atoms with Crippen LogP contribution in [0.3, 0.4) is 0 Å². The first-order chi connectivity index (χ1) is 4.43. The zero-order valence-corrected chi connectivity index (χ0v) is 5.25. The fourth-order valence-corrected chi connectivity index (χ4v) is 0.670. The van der Waals surface area contributed by atoms with E-state index in [1.165, 1.54) is 0 Å². The third kappa shape index (κ3) is 1.82. The Hall–Kier alpha value is -0.890. The van der Waals surface area contributed by atoms with Gasteiger partial charge in [-0.25, -0.2) is 0 Å². The summed E-state index contributed by atoms with van der Waals surface area (Å²) in [5.74, 6) is 0. The van der Waals surface area contributed by atoms with Gasteiger partial charge in [-0.2, -0.15) is 0 Å². The zero-order valence-electron chi connectivity index (χ0n) is 5.25. The number of hydrogen-bond acceptors (Lipinski definition) is 2. The highest BCUT2D eigenvalue weighted by Gasteiger charge is 1.91. The highest BCUT2D eigenvalue weighted by atomic mass is 14.7. The smallest absolute Gasteiger partial charge is 0.0352 e. The lowest BCUT2D eigenvalue weighted by molar-refractivity contribution is 1.23. The van der Waals surface area contributed by atoms with Crippen molar-refractivity contribution in [3.8, 4) is 0 Å². The van der Waals surface area contributed by atoms with E-state index < -0.39 is 0 Å². The normalized spacial score (nSPS) is 17.2. The number of aliphatic imine (C=N–C) groups is 1. The van der Waals surface area contributed by atoms with Gasteiger partial charge in [-0.05, 0) is 6.08 Å². The van der Waals surface area contributed by atoms with Crippen LogP contribution in [0.2, 0.25) is 0 Å². The van der Waals surface area contributed by atoms with Crippen molar-refractivity contribution in [2.45, 2.75) is 6.42 Å². The van der Waals surface area contributed by atoms with Crippen LogP contribution in [0, 0.1) is 0 Å². The van der Waals surface area contributed by atoms with E-state index in [2.05, 4.69) is 11.1 Å². The van der Waals surface area contributed by atoms with Gasteiger partial charge in [0.15, 0.2) is 0 Å². The van der Waals surface area contributed by atoms with Crippen molar-refractivity contribution in [1.29, 1.82) is 0 Å². The molecule has 0 radical (unpaired) electrons. The Labute approximate surface area is 54.8 Å². The average Bonchev–Trinajstić information content (AvgIpc) is 2.13. The van der Waals surface area contributed by atoms with Gasteiger partial charge in [0.25, 0.3) is 0 Å². The zero-order chi connectivity index (χ0) is 6.53. The van der Waals surface area contributed by atoms with Gasteiger partial charge in [-0.3, -0.25) is 4.99 Å². The molecule has 0 saturated carbocycles. The van der Waals surface area contributed by atoms with Crippen LogP contribution in [0.4, 0.5) is 0 Å². The van der Waals surface area contributed by atoms with Gasteiger partial charge in [-0.15, -0.1) is 0 Å².